The molecule has 0 radical (unpaired) electrons. The minimum absolute atomic E-state index is 0.165. The van der Waals surface area contributed by atoms with E-state index in [1.54, 1.807) is 22.8 Å². The Labute approximate surface area is 150 Å². The quantitative estimate of drug-likeness (QED) is 0.658. The molecule has 1 aromatic carbocycles. The van der Waals surface area contributed by atoms with Gasteiger partial charge in [0.25, 0.3) is 5.91 Å². The Morgan fingerprint density at radius 1 is 1.19 bits per heavy atom. The number of rotatable bonds is 5. The van der Waals surface area contributed by atoms with Crippen molar-refractivity contribution in [3.63, 3.8) is 0 Å². The largest absolute Gasteiger partial charge is 0.508 e. The number of hydrogen-bond donors (Lipinski definition) is 3. The van der Waals surface area contributed by atoms with Crippen LogP contribution in [0, 0.1) is 0 Å². The van der Waals surface area contributed by atoms with Gasteiger partial charge in [-0.2, -0.15) is 5.10 Å². The molecule has 0 spiro atoms. The summed E-state index contributed by atoms with van der Waals surface area (Å²) < 4.78 is 1.59. The Morgan fingerprint density at radius 3 is 2.81 bits per heavy atom. The van der Waals surface area contributed by atoms with Gasteiger partial charge in [-0.3, -0.25) is 4.79 Å². The molecule has 2 heterocycles. The molecular formula is C19H19N5O2. The highest BCUT2D eigenvalue weighted by Gasteiger charge is 2.25. The van der Waals surface area contributed by atoms with Crippen molar-refractivity contribution >= 4 is 23.1 Å². The van der Waals surface area contributed by atoms with Gasteiger partial charge in [-0.15, -0.1) is 0 Å². The molecule has 2 aliphatic rings. The third-order valence-corrected chi connectivity index (χ3v) is 4.79. The maximum atomic E-state index is 12.7. The predicted octanol–water partition coefficient (Wildman–Crippen LogP) is 3.14. The van der Waals surface area contributed by atoms with Gasteiger partial charge in [-0.25, -0.2) is 9.50 Å². The fraction of sp³-hybridized carbons (Fsp3) is 0.316. The topological polar surface area (TPSA) is 91.5 Å². The van der Waals surface area contributed by atoms with Crippen LogP contribution in [0.5, 0.6) is 5.75 Å². The van der Waals surface area contributed by atoms with Crippen molar-refractivity contribution in [3.8, 4) is 5.75 Å². The summed E-state index contributed by atoms with van der Waals surface area (Å²) in [6.45, 7) is 0. The van der Waals surface area contributed by atoms with E-state index in [1.807, 2.05) is 12.1 Å². The Kier molecular flexibility index (Phi) is 3.34. The number of aromatic nitrogens is 3. The van der Waals surface area contributed by atoms with Crippen molar-refractivity contribution in [2.75, 3.05) is 10.6 Å². The summed E-state index contributed by atoms with van der Waals surface area (Å²) in [5.74, 6) is 1.12. The molecular weight excluding hydrogens is 330 g/mol. The SMILES string of the molecule is O=C(Nc1cc(O)cc(C2CC2)c1)c1cnn2ccc(NC3CC3)nc12. The third kappa shape index (κ3) is 2.96. The van der Waals surface area contributed by atoms with E-state index in [4.69, 9.17) is 0 Å². The van der Waals surface area contributed by atoms with Crippen LogP contribution in [-0.2, 0) is 0 Å². The van der Waals surface area contributed by atoms with Gasteiger partial charge in [0.2, 0.25) is 0 Å². The number of phenolic OH excluding ortho intramolecular Hbond substituents is 1. The summed E-state index contributed by atoms with van der Waals surface area (Å²) in [5.41, 5.74) is 2.56. The molecule has 2 aromatic heterocycles. The van der Waals surface area contributed by atoms with E-state index in [9.17, 15) is 9.90 Å². The molecule has 0 unspecified atom stereocenters. The lowest BCUT2D eigenvalue weighted by atomic mass is 10.1. The molecule has 2 aliphatic carbocycles. The number of nitrogens with one attached hydrogen (secondary N) is 2. The number of carbonyl (C=O) groups excluding carboxylic acids is 1. The number of benzene rings is 1. The summed E-state index contributed by atoms with van der Waals surface area (Å²) in [5, 5.41) is 20.3. The molecule has 132 valence electrons. The molecule has 26 heavy (non-hydrogen) atoms. The Bertz CT molecular complexity index is 1000. The average molecular weight is 349 g/mol. The van der Waals surface area contributed by atoms with Crippen molar-refractivity contribution in [2.45, 2.75) is 37.6 Å². The van der Waals surface area contributed by atoms with Crippen LogP contribution in [0.3, 0.4) is 0 Å². The smallest absolute Gasteiger partial charge is 0.261 e. The van der Waals surface area contributed by atoms with Crippen molar-refractivity contribution in [1.82, 2.24) is 14.6 Å². The van der Waals surface area contributed by atoms with Gasteiger partial charge in [0.1, 0.15) is 17.1 Å². The lowest BCUT2D eigenvalue weighted by molar-refractivity contribution is 0.102. The first-order valence-corrected chi connectivity index (χ1v) is 8.92. The van der Waals surface area contributed by atoms with E-state index >= 15 is 0 Å². The van der Waals surface area contributed by atoms with Crippen LogP contribution in [0.1, 0.15) is 47.5 Å². The molecule has 2 fully saturated rings. The van der Waals surface area contributed by atoms with Gasteiger partial charge in [0.15, 0.2) is 5.65 Å². The molecule has 0 atom stereocenters. The fourth-order valence-electron chi connectivity index (χ4n) is 3.10. The Balaban J connectivity index is 1.42. The second-order valence-electron chi connectivity index (χ2n) is 7.10. The number of nitrogens with zero attached hydrogens (tertiary/aromatic N) is 3. The fourth-order valence-corrected chi connectivity index (χ4v) is 3.10. The highest BCUT2D eigenvalue weighted by atomic mass is 16.3. The summed E-state index contributed by atoms with van der Waals surface area (Å²) in [4.78, 5) is 17.3. The standard InChI is InChI=1S/C19H19N5O2/c25-15-8-12(11-1-2-11)7-14(9-15)22-19(26)16-10-20-24-6-5-17(23-18(16)24)21-13-3-4-13/h5-11,13,25H,1-4H2,(H,21,23)(H,22,26). The van der Waals surface area contributed by atoms with Gasteiger partial charge in [-0.05, 0) is 55.4 Å². The first kappa shape index (κ1) is 15.2. The van der Waals surface area contributed by atoms with Gasteiger partial charge in [-0.1, -0.05) is 0 Å². The number of fused-ring (bicyclic) bond motifs is 1. The number of hydrogen-bond acceptors (Lipinski definition) is 5. The van der Waals surface area contributed by atoms with E-state index < -0.39 is 0 Å². The van der Waals surface area contributed by atoms with Gasteiger partial charge in [0.05, 0.1) is 6.20 Å². The monoisotopic (exact) mass is 349 g/mol. The molecule has 3 aromatic rings. The minimum Gasteiger partial charge on any atom is -0.508 e. The number of carbonyl (C=O) groups is 1. The van der Waals surface area contributed by atoms with Crippen molar-refractivity contribution in [3.05, 3.63) is 47.8 Å². The Morgan fingerprint density at radius 2 is 2.04 bits per heavy atom. The third-order valence-electron chi connectivity index (χ3n) is 4.79. The molecule has 7 heteroatoms. The van der Waals surface area contributed by atoms with Crippen LogP contribution < -0.4 is 10.6 Å². The minimum atomic E-state index is -0.289. The highest BCUT2D eigenvalue weighted by Crippen LogP contribution is 2.42. The molecule has 0 saturated heterocycles. The highest BCUT2D eigenvalue weighted by molar-refractivity contribution is 6.08. The van der Waals surface area contributed by atoms with Crippen molar-refractivity contribution in [2.24, 2.45) is 0 Å². The van der Waals surface area contributed by atoms with E-state index in [-0.39, 0.29) is 11.7 Å². The van der Waals surface area contributed by atoms with Crippen LogP contribution in [-0.4, -0.2) is 31.7 Å². The Hall–Kier alpha value is -3.09. The summed E-state index contributed by atoms with van der Waals surface area (Å²) in [7, 11) is 0. The van der Waals surface area contributed by atoms with Crippen LogP contribution in [0.2, 0.25) is 0 Å². The maximum absolute atomic E-state index is 12.7. The van der Waals surface area contributed by atoms with Gasteiger partial charge >= 0.3 is 0 Å². The molecule has 2 saturated carbocycles. The van der Waals surface area contributed by atoms with Crippen LogP contribution in [0.15, 0.2) is 36.7 Å². The van der Waals surface area contributed by atoms with E-state index in [2.05, 4.69) is 20.7 Å². The van der Waals surface area contributed by atoms with Crippen LogP contribution in [0.4, 0.5) is 11.5 Å². The van der Waals surface area contributed by atoms with E-state index in [0.717, 1.165) is 37.1 Å². The zero-order valence-corrected chi connectivity index (χ0v) is 14.1. The molecule has 5 rings (SSSR count). The van der Waals surface area contributed by atoms with E-state index in [1.165, 1.54) is 6.20 Å². The van der Waals surface area contributed by atoms with Crippen molar-refractivity contribution < 1.29 is 9.90 Å². The molecule has 0 bridgehead atoms. The van der Waals surface area contributed by atoms with Crippen LogP contribution >= 0.6 is 0 Å². The second-order valence-corrected chi connectivity index (χ2v) is 7.10. The normalized spacial score (nSPS) is 16.6. The summed E-state index contributed by atoms with van der Waals surface area (Å²) in [6, 6.07) is 7.59. The maximum Gasteiger partial charge on any atom is 0.261 e. The molecule has 7 nitrogen and oxygen atoms in total. The van der Waals surface area contributed by atoms with Gasteiger partial charge in [0, 0.05) is 24.0 Å². The van der Waals surface area contributed by atoms with Gasteiger partial charge < -0.3 is 15.7 Å². The predicted molar refractivity (Wildman–Crippen MR) is 97.7 cm³/mol. The first-order valence-electron chi connectivity index (χ1n) is 8.92. The second kappa shape index (κ2) is 5.72. The zero-order valence-electron chi connectivity index (χ0n) is 14.1. The number of amides is 1. The molecule has 1 amide bonds. The molecule has 0 aliphatic heterocycles. The van der Waals surface area contributed by atoms with Crippen molar-refractivity contribution in [1.29, 1.82) is 0 Å². The summed E-state index contributed by atoms with van der Waals surface area (Å²) in [6.07, 6.45) is 7.88. The average Bonchev–Trinajstić information content (AvgIpc) is 3.52. The van der Waals surface area contributed by atoms with E-state index in [0.29, 0.717) is 28.9 Å². The zero-order chi connectivity index (χ0) is 17.7. The summed E-state index contributed by atoms with van der Waals surface area (Å²) >= 11 is 0. The first-order chi connectivity index (χ1) is 12.7. The molecule has 3 N–H and O–H groups in total. The number of anilines is 2. The number of aromatic hydroxyl groups is 1. The number of phenols is 1. The van der Waals surface area contributed by atoms with Crippen LogP contribution in [0.25, 0.3) is 5.65 Å². The lowest BCUT2D eigenvalue weighted by Crippen LogP contribution is -2.13. The lowest BCUT2D eigenvalue weighted by Gasteiger charge is -2.08.